The molecule has 0 radical (unpaired) electrons. The first-order valence-electron chi connectivity index (χ1n) is 14.4. The van der Waals surface area contributed by atoms with Crippen molar-refractivity contribution < 1.29 is 24.5 Å². The summed E-state index contributed by atoms with van der Waals surface area (Å²) in [4.78, 5) is 28.7. The topological polar surface area (TPSA) is 99.1 Å². The van der Waals surface area contributed by atoms with Crippen LogP contribution in [0, 0.1) is 15.4 Å². The van der Waals surface area contributed by atoms with Gasteiger partial charge in [-0.15, -0.1) is 0 Å². The molecule has 210 valence electrons. The Hall–Kier alpha value is -1.65. The predicted octanol–water partition coefficient (Wildman–Crippen LogP) is 4.59. The van der Waals surface area contributed by atoms with Crippen LogP contribution in [0.15, 0.2) is 35.9 Å². The quantitative estimate of drug-likeness (QED) is 0.308. The van der Waals surface area contributed by atoms with Crippen molar-refractivity contribution in [3.63, 3.8) is 0 Å². The van der Waals surface area contributed by atoms with Crippen molar-refractivity contribution in [2.75, 3.05) is 19.7 Å². The lowest BCUT2D eigenvalue weighted by molar-refractivity contribution is -0.140. The highest BCUT2D eigenvalue weighted by Crippen LogP contribution is 2.34. The predicted molar refractivity (Wildman–Crippen MR) is 156 cm³/mol. The molecule has 8 heteroatoms. The molecule has 2 amide bonds. The number of nitrogens with one attached hydrogen (secondary N) is 1. The third-order valence-corrected chi connectivity index (χ3v) is 9.35. The van der Waals surface area contributed by atoms with Gasteiger partial charge in [-0.05, 0) is 71.9 Å². The third-order valence-electron chi connectivity index (χ3n) is 8.46. The molecule has 0 bridgehead atoms. The SMILES string of the molecule is O=C(NCCO)C1=C[C@H](Oc2ccccc2I)[C@@H](O)[C@H](N(CC2CCCCC2)C(=O)CCC2CCCC2)C1. The van der Waals surface area contributed by atoms with E-state index >= 15 is 0 Å². The molecule has 0 unspecified atom stereocenters. The normalized spacial score (nSPS) is 24.6. The average molecular weight is 639 g/mol. The highest BCUT2D eigenvalue weighted by atomic mass is 127. The van der Waals surface area contributed by atoms with Gasteiger partial charge in [0, 0.05) is 31.5 Å². The molecule has 0 aromatic heterocycles. The number of rotatable bonds is 11. The molecule has 4 rings (SSSR count). The number of hydrogen-bond donors (Lipinski definition) is 3. The zero-order chi connectivity index (χ0) is 26.9. The van der Waals surface area contributed by atoms with Gasteiger partial charge in [-0.1, -0.05) is 57.1 Å². The molecule has 0 heterocycles. The summed E-state index contributed by atoms with van der Waals surface area (Å²) in [6.07, 6.45) is 12.3. The number of ether oxygens (including phenoxy) is 1. The summed E-state index contributed by atoms with van der Waals surface area (Å²) >= 11 is 2.20. The molecule has 3 aliphatic rings. The van der Waals surface area contributed by atoms with E-state index in [1.54, 1.807) is 6.08 Å². The van der Waals surface area contributed by atoms with Crippen molar-refractivity contribution in [1.82, 2.24) is 10.2 Å². The van der Waals surface area contributed by atoms with Crippen LogP contribution in [0.25, 0.3) is 0 Å². The molecule has 7 nitrogen and oxygen atoms in total. The molecule has 0 spiro atoms. The fourth-order valence-corrected chi connectivity index (χ4v) is 6.82. The molecule has 0 aliphatic heterocycles. The Kier molecular flexibility index (Phi) is 11.3. The second-order valence-electron chi connectivity index (χ2n) is 11.2. The van der Waals surface area contributed by atoms with Crippen molar-refractivity contribution in [2.45, 2.75) is 95.3 Å². The maximum absolute atomic E-state index is 13.8. The van der Waals surface area contributed by atoms with E-state index in [0.717, 1.165) is 22.8 Å². The van der Waals surface area contributed by atoms with Gasteiger partial charge in [-0.3, -0.25) is 9.59 Å². The summed E-state index contributed by atoms with van der Waals surface area (Å²) in [6.45, 7) is 0.616. The zero-order valence-corrected chi connectivity index (χ0v) is 24.5. The summed E-state index contributed by atoms with van der Waals surface area (Å²) in [5, 5.41) is 23.6. The molecule has 3 atom stereocenters. The number of nitrogens with zero attached hydrogens (tertiary/aromatic N) is 1. The van der Waals surface area contributed by atoms with Crippen LogP contribution in [0.4, 0.5) is 0 Å². The van der Waals surface area contributed by atoms with Crippen LogP contribution in [0.2, 0.25) is 0 Å². The summed E-state index contributed by atoms with van der Waals surface area (Å²) in [5.41, 5.74) is 0.488. The standard InChI is InChI=1S/C30H43IN2O5/c31-24-12-6-7-13-26(24)38-27-19-23(30(37)32-16-17-34)18-25(29(27)36)33(20-22-10-2-1-3-11-22)28(35)15-14-21-8-4-5-9-21/h6-7,12-13,19,21-22,25,27,29,34,36H,1-5,8-11,14-18,20H2,(H,32,37)/t25-,27+,29+/m1/s1. The van der Waals surface area contributed by atoms with Gasteiger partial charge in [0.05, 0.1) is 16.2 Å². The maximum atomic E-state index is 13.8. The highest BCUT2D eigenvalue weighted by molar-refractivity contribution is 14.1. The van der Waals surface area contributed by atoms with E-state index in [1.807, 2.05) is 29.2 Å². The van der Waals surface area contributed by atoms with E-state index in [2.05, 4.69) is 27.9 Å². The van der Waals surface area contributed by atoms with Crippen molar-refractivity contribution in [3.8, 4) is 5.75 Å². The van der Waals surface area contributed by atoms with Gasteiger partial charge in [0.15, 0.2) is 0 Å². The molecule has 0 saturated heterocycles. The first-order chi connectivity index (χ1) is 18.5. The largest absolute Gasteiger partial charge is 0.482 e. The number of amides is 2. The van der Waals surface area contributed by atoms with Crippen LogP contribution in [0.1, 0.15) is 77.0 Å². The van der Waals surface area contributed by atoms with E-state index in [0.29, 0.717) is 36.1 Å². The van der Waals surface area contributed by atoms with E-state index in [-0.39, 0.29) is 31.4 Å². The Morgan fingerprint density at radius 3 is 2.42 bits per heavy atom. The van der Waals surface area contributed by atoms with Gasteiger partial charge < -0.3 is 25.2 Å². The Morgan fingerprint density at radius 1 is 1.03 bits per heavy atom. The van der Waals surface area contributed by atoms with Crippen LogP contribution in [-0.4, -0.2) is 64.9 Å². The van der Waals surface area contributed by atoms with E-state index < -0.39 is 18.2 Å². The van der Waals surface area contributed by atoms with Crippen LogP contribution in [-0.2, 0) is 9.59 Å². The molecular weight excluding hydrogens is 595 g/mol. The van der Waals surface area contributed by atoms with Gasteiger partial charge in [0.1, 0.15) is 18.0 Å². The molecular formula is C30H43IN2O5. The monoisotopic (exact) mass is 638 g/mol. The zero-order valence-electron chi connectivity index (χ0n) is 22.3. The number of carbonyl (C=O) groups is 2. The van der Waals surface area contributed by atoms with Crippen molar-refractivity contribution in [3.05, 3.63) is 39.5 Å². The number of benzene rings is 1. The van der Waals surface area contributed by atoms with Gasteiger partial charge in [0.2, 0.25) is 11.8 Å². The van der Waals surface area contributed by atoms with Gasteiger partial charge in [0.25, 0.3) is 0 Å². The first-order valence-corrected chi connectivity index (χ1v) is 15.5. The Bertz CT molecular complexity index is 958. The Labute approximate surface area is 240 Å². The Balaban J connectivity index is 1.58. The average Bonchev–Trinajstić information content (AvgIpc) is 3.46. The van der Waals surface area contributed by atoms with E-state index in [1.165, 1.54) is 44.9 Å². The third kappa shape index (κ3) is 7.94. The molecule has 38 heavy (non-hydrogen) atoms. The number of para-hydroxylation sites is 1. The van der Waals surface area contributed by atoms with Crippen LogP contribution in [0.5, 0.6) is 5.75 Å². The summed E-state index contributed by atoms with van der Waals surface area (Å²) in [6, 6.07) is 7.05. The minimum Gasteiger partial charge on any atom is -0.482 e. The first kappa shape index (κ1) is 29.3. The summed E-state index contributed by atoms with van der Waals surface area (Å²) < 4.78 is 7.18. The molecule has 2 fully saturated rings. The minimum atomic E-state index is -0.959. The number of carbonyl (C=O) groups excluding carboxylic acids is 2. The number of aliphatic hydroxyl groups excluding tert-OH is 2. The van der Waals surface area contributed by atoms with Crippen molar-refractivity contribution in [1.29, 1.82) is 0 Å². The molecule has 1 aromatic carbocycles. The smallest absolute Gasteiger partial charge is 0.247 e. The van der Waals surface area contributed by atoms with E-state index in [9.17, 15) is 19.8 Å². The molecule has 2 saturated carbocycles. The highest BCUT2D eigenvalue weighted by Gasteiger charge is 2.41. The van der Waals surface area contributed by atoms with Gasteiger partial charge in [-0.2, -0.15) is 0 Å². The van der Waals surface area contributed by atoms with Crippen LogP contribution < -0.4 is 10.1 Å². The maximum Gasteiger partial charge on any atom is 0.247 e. The lowest BCUT2D eigenvalue weighted by atomic mass is 9.85. The van der Waals surface area contributed by atoms with Crippen molar-refractivity contribution in [2.24, 2.45) is 11.8 Å². The van der Waals surface area contributed by atoms with Gasteiger partial charge in [-0.25, -0.2) is 0 Å². The second kappa shape index (κ2) is 14.7. The number of halogens is 1. The minimum absolute atomic E-state index is 0.0802. The molecule has 3 aliphatic carbocycles. The fourth-order valence-electron chi connectivity index (χ4n) is 6.31. The van der Waals surface area contributed by atoms with E-state index in [4.69, 9.17) is 4.74 Å². The van der Waals surface area contributed by atoms with Crippen molar-refractivity contribution >= 4 is 34.4 Å². The number of hydrogen-bond acceptors (Lipinski definition) is 5. The lowest BCUT2D eigenvalue weighted by Gasteiger charge is -2.42. The molecule has 3 N–H and O–H groups in total. The number of aliphatic hydroxyl groups is 2. The van der Waals surface area contributed by atoms with Gasteiger partial charge >= 0.3 is 0 Å². The summed E-state index contributed by atoms with van der Waals surface area (Å²) in [7, 11) is 0. The lowest BCUT2D eigenvalue weighted by Crippen LogP contribution is -2.56. The van der Waals surface area contributed by atoms with Crippen LogP contribution in [0.3, 0.4) is 0 Å². The fraction of sp³-hybridized carbons (Fsp3) is 0.667. The second-order valence-corrected chi connectivity index (χ2v) is 12.3. The summed E-state index contributed by atoms with van der Waals surface area (Å²) in [5.74, 6) is 1.46. The molecule has 1 aromatic rings. The van der Waals surface area contributed by atoms with Crippen LogP contribution >= 0.6 is 22.6 Å². The Morgan fingerprint density at radius 2 is 1.71 bits per heavy atom.